The fourth-order valence-corrected chi connectivity index (χ4v) is 4.59. The fraction of sp³-hybridized carbons (Fsp3) is 0.529. The van der Waals surface area contributed by atoms with E-state index >= 15 is 0 Å². The van der Waals surface area contributed by atoms with Gasteiger partial charge in [0.25, 0.3) is 0 Å². The zero-order chi connectivity index (χ0) is 17.9. The van der Waals surface area contributed by atoms with Crippen LogP contribution < -0.4 is 5.32 Å². The highest BCUT2D eigenvalue weighted by Gasteiger charge is 2.30. The Kier molecular flexibility index (Phi) is 5.26. The second kappa shape index (κ2) is 7.79. The molecule has 2 aromatic heterocycles. The van der Waals surface area contributed by atoms with Gasteiger partial charge in [-0.05, 0) is 37.1 Å². The highest BCUT2D eigenvalue weighted by molar-refractivity contribution is 7.99. The summed E-state index contributed by atoms with van der Waals surface area (Å²) in [6.45, 7) is 1.69. The quantitative estimate of drug-likeness (QED) is 0.732. The van der Waals surface area contributed by atoms with Gasteiger partial charge in [-0.1, -0.05) is 17.8 Å². The number of carbonyl (C=O) groups excluding carboxylic acids is 2. The number of amides is 2. The van der Waals surface area contributed by atoms with Gasteiger partial charge >= 0.3 is 0 Å². The Labute approximate surface area is 160 Å². The number of hydrogen-bond acceptors (Lipinski definition) is 6. The van der Waals surface area contributed by atoms with Crippen LogP contribution in [0.1, 0.15) is 31.7 Å². The van der Waals surface area contributed by atoms with E-state index < -0.39 is 0 Å². The molecule has 9 heteroatoms. The van der Waals surface area contributed by atoms with Crippen molar-refractivity contribution in [2.45, 2.75) is 36.9 Å². The van der Waals surface area contributed by atoms with Gasteiger partial charge in [0.15, 0.2) is 11.0 Å². The topological polar surface area (TPSA) is 80.1 Å². The number of rotatable bonds is 7. The lowest BCUT2D eigenvalue weighted by molar-refractivity contribution is -0.131. The number of thioether (sulfide) groups is 1. The second-order valence-electron chi connectivity index (χ2n) is 6.54. The van der Waals surface area contributed by atoms with Crippen molar-refractivity contribution in [3.8, 4) is 10.7 Å². The lowest BCUT2D eigenvalue weighted by Gasteiger charge is -2.15. The molecule has 2 amide bonds. The van der Waals surface area contributed by atoms with E-state index in [1.807, 2.05) is 22.4 Å². The SMILES string of the molecule is O=C(CSc1nnc(-c2cccs2)n1C1CC1)NCC(=O)N1CCCC1. The summed E-state index contributed by atoms with van der Waals surface area (Å²) in [5.41, 5.74) is 0. The van der Waals surface area contributed by atoms with Gasteiger partial charge in [0.1, 0.15) is 0 Å². The van der Waals surface area contributed by atoms with E-state index in [2.05, 4.69) is 20.1 Å². The van der Waals surface area contributed by atoms with Crippen molar-refractivity contribution in [3.05, 3.63) is 17.5 Å². The molecule has 138 valence electrons. The summed E-state index contributed by atoms with van der Waals surface area (Å²) in [6, 6.07) is 4.48. The van der Waals surface area contributed by atoms with Crippen molar-refractivity contribution in [1.29, 1.82) is 0 Å². The molecule has 0 radical (unpaired) electrons. The predicted molar refractivity (Wildman–Crippen MR) is 101 cm³/mol. The van der Waals surface area contributed by atoms with Crippen LogP contribution >= 0.6 is 23.1 Å². The van der Waals surface area contributed by atoms with Crippen molar-refractivity contribution < 1.29 is 9.59 Å². The molecule has 0 spiro atoms. The first-order valence-corrected chi connectivity index (χ1v) is 10.7. The molecule has 3 heterocycles. The van der Waals surface area contributed by atoms with E-state index in [0.29, 0.717) is 6.04 Å². The van der Waals surface area contributed by atoms with Crippen LogP contribution in [0.25, 0.3) is 10.7 Å². The van der Waals surface area contributed by atoms with Crippen molar-refractivity contribution in [2.24, 2.45) is 0 Å². The molecule has 2 fully saturated rings. The third-order valence-electron chi connectivity index (χ3n) is 4.55. The van der Waals surface area contributed by atoms with Crippen molar-refractivity contribution >= 4 is 34.9 Å². The number of nitrogens with zero attached hydrogens (tertiary/aromatic N) is 4. The Hall–Kier alpha value is -1.87. The molecule has 1 saturated heterocycles. The lowest BCUT2D eigenvalue weighted by atomic mass is 10.4. The smallest absolute Gasteiger partial charge is 0.241 e. The molecular weight excluding hydrogens is 370 g/mol. The van der Waals surface area contributed by atoms with Gasteiger partial charge in [-0.25, -0.2) is 0 Å². The van der Waals surface area contributed by atoms with Crippen LogP contribution in [0.15, 0.2) is 22.7 Å². The molecule has 0 unspecified atom stereocenters. The van der Waals surface area contributed by atoms with Gasteiger partial charge in [-0.2, -0.15) is 0 Å². The Morgan fingerprint density at radius 3 is 2.77 bits per heavy atom. The first-order valence-electron chi connectivity index (χ1n) is 8.88. The third kappa shape index (κ3) is 3.93. The van der Waals surface area contributed by atoms with E-state index in [9.17, 15) is 9.59 Å². The minimum absolute atomic E-state index is 0.00183. The number of aromatic nitrogens is 3. The standard InChI is InChI=1S/C17H21N5O2S2/c23-14(18-10-15(24)21-7-1-2-8-21)11-26-17-20-19-16(13-4-3-9-25-13)22(17)12-5-6-12/h3-4,9,12H,1-2,5-8,10-11H2,(H,18,23). The van der Waals surface area contributed by atoms with Crippen LogP contribution in [-0.2, 0) is 9.59 Å². The molecule has 2 aromatic rings. The maximum atomic E-state index is 12.1. The van der Waals surface area contributed by atoms with Gasteiger partial charge in [-0.3, -0.25) is 14.2 Å². The number of likely N-dealkylation sites (tertiary alicyclic amines) is 1. The average Bonchev–Trinajstić information content (AvgIpc) is 3.11. The van der Waals surface area contributed by atoms with Crippen LogP contribution in [0.2, 0.25) is 0 Å². The van der Waals surface area contributed by atoms with Gasteiger partial charge in [0, 0.05) is 19.1 Å². The number of thiophene rings is 1. The average molecular weight is 392 g/mol. The monoisotopic (exact) mass is 391 g/mol. The van der Waals surface area contributed by atoms with Crippen molar-refractivity contribution in [2.75, 3.05) is 25.4 Å². The first kappa shape index (κ1) is 17.5. The predicted octanol–water partition coefficient (Wildman–Crippen LogP) is 2.17. The van der Waals surface area contributed by atoms with Crippen LogP contribution in [0.5, 0.6) is 0 Å². The normalized spacial score (nSPS) is 16.8. The zero-order valence-electron chi connectivity index (χ0n) is 14.4. The minimum Gasteiger partial charge on any atom is -0.346 e. The Morgan fingerprint density at radius 2 is 2.08 bits per heavy atom. The maximum absolute atomic E-state index is 12.1. The Balaban J connectivity index is 1.33. The van der Waals surface area contributed by atoms with Crippen LogP contribution in [0, 0.1) is 0 Å². The number of hydrogen-bond donors (Lipinski definition) is 1. The molecule has 1 aliphatic heterocycles. The zero-order valence-corrected chi connectivity index (χ0v) is 16.0. The molecule has 2 aliphatic rings. The lowest BCUT2D eigenvalue weighted by Crippen LogP contribution is -2.39. The first-order chi connectivity index (χ1) is 12.7. The van der Waals surface area contributed by atoms with Gasteiger partial charge in [0.05, 0.1) is 17.2 Å². The summed E-state index contributed by atoms with van der Waals surface area (Å²) in [7, 11) is 0. The second-order valence-corrected chi connectivity index (χ2v) is 8.43. The van der Waals surface area contributed by atoms with Crippen molar-refractivity contribution in [3.63, 3.8) is 0 Å². The summed E-state index contributed by atoms with van der Waals surface area (Å²) in [4.78, 5) is 27.0. The summed E-state index contributed by atoms with van der Waals surface area (Å²) in [5.74, 6) is 0.977. The van der Waals surface area contributed by atoms with Crippen LogP contribution in [0.3, 0.4) is 0 Å². The molecule has 7 nitrogen and oxygen atoms in total. The summed E-state index contributed by atoms with van der Waals surface area (Å²) in [6.07, 6.45) is 4.36. The summed E-state index contributed by atoms with van der Waals surface area (Å²) in [5, 5.41) is 14.1. The molecule has 4 rings (SSSR count). The minimum atomic E-state index is -0.148. The third-order valence-corrected chi connectivity index (χ3v) is 6.35. The molecular formula is C17H21N5O2S2. The molecule has 0 atom stereocenters. The van der Waals surface area contributed by atoms with E-state index in [0.717, 1.165) is 54.6 Å². The molecule has 1 N–H and O–H groups in total. The number of carbonyl (C=O) groups is 2. The molecule has 0 aromatic carbocycles. The molecule has 1 saturated carbocycles. The highest BCUT2D eigenvalue weighted by Crippen LogP contribution is 2.41. The van der Waals surface area contributed by atoms with E-state index in [1.165, 1.54) is 11.8 Å². The molecule has 1 aliphatic carbocycles. The molecule has 26 heavy (non-hydrogen) atoms. The van der Waals surface area contributed by atoms with Crippen LogP contribution in [0.4, 0.5) is 0 Å². The van der Waals surface area contributed by atoms with Crippen molar-refractivity contribution in [1.82, 2.24) is 25.0 Å². The van der Waals surface area contributed by atoms with E-state index in [4.69, 9.17) is 0 Å². The maximum Gasteiger partial charge on any atom is 0.241 e. The summed E-state index contributed by atoms with van der Waals surface area (Å²) >= 11 is 3.02. The Bertz CT molecular complexity index is 779. The van der Waals surface area contributed by atoms with Gasteiger partial charge in [0.2, 0.25) is 11.8 Å². The van der Waals surface area contributed by atoms with E-state index in [-0.39, 0.29) is 24.1 Å². The molecule has 0 bridgehead atoms. The summed E-state index contributed by atoms with van der Waals surface area (Å²) < 4.78 is 2.15. The van der Waals surface area contributed by atoms with E-state index in [1.54, 1.807) is 11.3 Å². The number of nitrogens with one attached hydrogen (secondary N) is 1. The largest absolute Gasteiger partial charge is 0.346 e. The van der Waals surface area contributed by atoms with Gasteiger partial charge in [-0.15, -0.1) is 21.5 Å². The highest BCUT2D eigenvalue weighted by atomic mass is 32.2. The fourth-order valence-electron chi connectivity index (χ4n) is 3.04. The Morgan fingerprint density at radius 1 is 1.27 bits per heavy atom. The van der Waals surface area contributed by atoms with Crippen LogP contribution in [-0.4, -0.2) is 56.9 Å². The van der Waals surface area contributed by atoms with Gasteiger partial charge < -0.3 is 10.2 Å².